The van der Waals surface area contributed by atoms with E-state index in [4.69, 9.17) is 0 Å². The van der Waals surface area contributed by atoms with Crippen LogP contribution in [0.4, 0.5) is 5.69 Å². The number of carbonyl (C=O) groups is 1. The minimum atomic E-state index is -0.337. The summed E-state index contributed by atoms with van der Waals surface area (Å²) in [5, 5.41) is 3.30. The smallest absolute Gasteiger partial charge is 0.243 e. The zero-order valence-electron chi connectivity index (χ0n) is 20.4. The number of hydrogen-bond donors (Lipinski definition) is 1. The third-order valence-electron chi connectivity index (χ3n) is 6.63. The normalized spacial score (nSPS) is 19.1. The van der Waals surface area contributed by atoms with E-state index in [-0.39, 0.29) is 23.9 Å². The minimum Gasteiger partial charge on any atom is -0.359 e. The molecule has 2 aliphatic rings. The molecule has 0 radical (unpaired) electrons. The second kappa shape index (κ2) is 11.1. The van der Waals surface area contributed by atoms with Gasteiger partial charge < -0.3 is 10.2 Å². The molecule has 0 saturated carbocycles. The van der Waals surface area contributed by atoms with Gasteiger partial charge in [-0.2, -0.15) is 0 Å². The standard InChI is InChI=1S/C30H35N3O/c1-4-33(28-17-15-26(16-18-28)25-13-9-6-10-14-25)29(27-19-22(2)20-31-21-27)30(34)32-23(3)24-11-7-5-8-12-24/h6-7,9-20,23,27,29H,4-5,8,21H2,1-3H3,(H,32,34)/t23-,27?,29+/m0/s1. The van der Waals surface area contributed by atoms with Crippen molar-refractivity contribution in [3.63, 3.8) is 0 Å². The SMILES string of the molecule is CCN(c1ccc(-c2ccccc2)cc1)[C@@H](C(=O)N[C@@H](C)C1=CCCC=C1)C1C=C(C)C=NC1. The molecule has 1 amide bonds. The van der Waals surface area contributed by atoms with Crippen molar-refractivity contribution >= 4 is 17.8 Å². The summed E-state index contributed by atoms with van der Waals surface area (Å²) in [6.07, 6.45) is 12.7. The molecule has 4 nitrogen and oxygen atoms in total. The minimum absolute atomic E-state index is 0.0156. The summed E-state index contributed by atoms with van der Waals surface area (Å²) in [6.45, 7) is 7.58. The molecule has 2 aromatic rings. The summed E-state index contributed by atoms with van der Waals surface area (Å²) >= 11 is 0. The van der Waals surface area contributed by atoms with Gasteiger partial charge in [-0.3, -0.25) is 9.79 Å². The van der Waals surface area contributed by atoms with Gasteiger partial charge in [0.2, 0.25) is 5.91 Å². The van der Waals surface area contributed by atoms with Crippen LogP contribution in [0.2, 0.25) is 0 Å². The van der Waals surface area contributed by atoms with Crippen molar-refractivity contribution in [2.45, 2.75) is 45.7 Å². The number of carbonyl (C=O) groups excluding carboxylic acids is 1. The highest BCUT2D eigenvalue weighted by molar-refractivity contribution is 5.88. The zero-order valence-corrected chi connectivity index (χ0v) is 20.4. The Bertz CT molecular complexity index is 1100. The predicted octanol–water partition coefficient (Wildman–Crippen LogP) is 5.98. The van der Waals surface area contributed by atoms with E-state index in [0.717, 1.165) is 30.6 Å². The van der Waals surface area contributed by atoms with Crippen LogP contribution < -0.4 is 10.2 Å². The Kier molecular flexibility index (Phi) is 7.79. The lowest BCUT2D eigenvalue weighted by molar-refractivity contribution is -0.123. The van der Waals surface area contributed by atoms with Crippen LogP contribution in [-0.2, 0) is 4.79 Å². The maximum absolute atomic E-state index is 13.8. The molecule has 0 spiro atoms. The highest BCUT2D eigenvalue weighted by Gasteiger charge is 2.34. The van der Waals surface area contributed by atoms with E-state index in [1.54, 1.807) is 0 Å². The molecular formula is C30H35N3O. The lowest BCUT2D eigenvalue weighted by Gasteiger charge is -2.37. The molecule has 0 aromatic heterocycles. The molecule has 1 N–H and O–H groups in total. The molecule has 3 atom stereocenters. The van der Waals surface area contributed by atoms with E-state index in [1.807, 2.05) is 12.3 Å². The van der Waals surface area contributed by atoms with Gasteiger partial charge in [0, 0.05) is 30.9 Å². The molecule has 4 rings (SSSR count). The van der Waals surface area contributed by atoms with Gasteiger partial charge in [-0.15, -0.1) is 0 Å². The fourth-order valence-corrected chi connectivity index (χ4v) is 4.86. The number of amides is 1. The summed E-state index contributed by atoms with van der Waals surface area (Å²) in [4.78, 5) is 20.6. The number of benzene rings is 2. The molecule has 34 heavy (non-hydrogen) atoms. The molecule has 0 fully saturated rings. The number of likely N-dealkylation sites (N-methyl/N-ethyl adjacent to an activating group) is 1. The number of hydrogen-bond acceptors (Lipinski definition) is 3. The largest absolute Gasteiger partial charge is 0.359 e. The van der Waals surface area contributed by atoms with E-state index < -0.39 is 0 Å². The van der Waals surface area contributed by atoms with E-state index >= 15 is 0 Å². The highest BCUT2D eigenvalue weighted by Crippen LogP contribution is 2.28. The van der Waals surface area contributed by atoms with Crippen molar-refractivity contribution < 1.29 is 4.79 Å². The van der Waals surface area contributed by atoms with Crippen molar-refractivity contribution in [2.24, 2.45) is 10.9 Å². The third kappa shape index (κ3) is 5.56. The van der Waals surface area contributed by atoms with Gasteiger partial charge in [-0.25, -0.2) is 0 Å². The van der Waals surface area contributed by atoms with Crippen LogP contribution in [0.25, 0.3) is 11.1 Å². The first-order valence-electron chi connectivity index (χ1n) is 12.3. The van der Waals surface area contributed by atoms with Crippen molar-refractivity contribution in [1.82, 2.24) is 5.32 Å². The van der Waals surface area contributed by atoms with Gasteiger partial charge >= 0.3 is 0 Å². The fraction of sp³-hybridized carbons (Fsp3) is 0.333. The lowest BCUT2D eigenvalue weighted by Crippen LogP contribution is -2.54. The van der Waals surface area contributed by atoms with Crippen LogP contribution in [0.3, 0.4) is 0 Å². The number of aliphatic imine (C=N–C) groups is 1. The van der Waals surface area contributed by atoms with E-state index in [1.165, 1.54) is 16.7 Å². The Balaban J connectivity index is 1.61. The summed E-state index contributed by atoms with van der Waals surface area (Å²) in [7, 11) is 0. The van der Waals surface area contributed by atoms with Crippen molar-refractivity contribution in [3.8, 4) is 11.1 Å². The van der Waals surface area contributed by atoms with Crippen molar-refractivity contribution in [3.05, 3.63) is 90.0 Å². The quantitative estimate of drug-likeness (QED) is 0.535. The number of nitrogens with one attached hydrogen (secondary N) is 1. The van der Waals surface area contributed by atoms with Crippen molar-refractivity contribution in [2.75, 3.05) is 18.0 Å². The Morgan fingerprint density at radius 2 is 1.82 bits per heavy atom. The summed E-state index contributed by atoms with van der Waals surface area (Å²) in [5.41, 5.74) is 5.70. The average Bonchev–Trinajstić information content (AvgIpc) is 2.88. The van der Waals surface area contributed by atoms with Crippen LogP contribution in [0.5, 0.6) is 0 Å². The lowest BCUT2D eigenvalue weighted by atomic mass is 9.92. The number of anilines is 1. The molecule has 2 aromatic carbocycles. The van der Waals surface area contributed by atoms with Crippen LogP contribution in [0.1, 0.15) is 33.6 Å². The number of dihydropyridines is 1. The second-order valence-electron chi connectivity index (χ2n) is 9.13. The number of nitrogens with zero attached hydrogens (tertiary/aromatic N) is 2. The molecule has 1 unspecified atom stereocenters. The molecule has 0 saturated heterocycles. The predicted molar refractivity (Wildman–Crippen MR) is 143 cm³/mol. The summed E-state index contributed by atoms with van der Waals surface area (Å²) in [6, 6.07) is 18.6. The number of rotatable bonds is 8. The molecule has 0 bridgehead atoms. The molecule has 1 heterocycles. The van der Waals surface area contributed by atoms with E-state index in [9.17, 15) is 4.79 Å². The Morgan fingerprint density at radius 1 is 1.09 bits per heavy atom. The van der Waals surface area contributed by atoms with Gasteiger partial charge in [0.15, 0.2) is 0 Å². The first-order valence-corrected chi connectivity index (χ1v) is 12.3. The van der Waals surface area contributed by atoms with Crippen LogP contribution in [-0.4, -0.2) is 37.3 Å². The molecule has 1 aliphatic carbocycles. The first-order chi connectivity index (χ1) is 16.6. The average molecular weight is 454 g/mol. The van der Waals surface area contributed by atoms with E-state index in [0.29, 0.717) is 6.54 Å². The summed E-state index contributed by atoms with van der Waals surface area (Å²) in [5.74, 6) is 0.0642. The van der Waals surface area contributed by atoms with Gasteiger partial charge in [0.25, 0.3) is 0 Å². The van der Waals surface area contributed by atoms with Gasteiger partial charge in [-0.05, 0) is 68.0 Å². The monoisotopic (exact) mass is 453 g/mol. The Morgan fingerprint density at radius 3 is 2.47 bits per heavy atom. The first kappa shape index (κ1) is 23.7. The Hall–Kier alpha value is -3.40. The van der Waals surface area contributed by atoms with Crippen LogP contribution >= 0.6 is 0 Å². The summed E-state index contributed by atoms with van der Waals surface area (Å²) < 4.78 is 0. The molecule has 176 valence electrons. The Labute approximate surface area is 203 Å². The van der Waals surface area contributed by atoms with Gasteiger partial charge in [-0.1, -0.05) is 66.8 Å². The third-order valence-corrected chi connectivity index (χ3v) is 6.63. The van der Waals surface area contributed by atoms with Gasteiger partial charge in [0.05, 0.1) is 6.04 Å². The maximum atomic E-state index is 13.8. The van der Waals surface area contributed by atoms with Crippen LogP contribution in [0.15, 0.2) is 95.0 Å². The molecule has 4 heteroatoms. The maximum Gasteiger partial charge on any atom is 0.243 e. The zero-order chi connectivity index (χ0) is 23.9. The highest BCUT2D eigenvalue weighted by atomic mass is 16.2. The topological polar surface area (TPSA) is 44.7 Å². The number of allylic oxidation sites excluding steroid dienone is 3. The second-order valence-corrected chi connectivity index (χ2v) is 9.13. The van der Waals surface area contributed by atoms with Crippen molar-refractivity contribution in [1.29, 1.82) is 0 Å². The van der Waals surface area contributed by atoms with E-state index in [2.05, 4.69) is 109 Å². The van der Waals surface area contributed by atoms with Gasteiger partial charge in [0.1, 0.15) is 6.04 Å². The van der Waals surface area contributed by atoms with Crippen LogP contribution in [0, 0.1) is 5.92 Å². The fourth-order valence-electron chi connectivity index (χ4n) is 4.86. The molecule has 1 aliphatic heterocycles. The molecular weight excluding hydrogens is 418 g/mol.